The summed E-state index contributed by atoms with van der Waals surface area (Å²) in [5.41, 5.74) is 6.44. The molecule has 0 spiro atoms. The van der Waals surface area contributed by atoms with Gasteiger partial charge >= 0.3 is 5.97 Å². The van der Waals surface area contributed by atoms with E-state index in [9.17, 15) is 9.18 Å². The second kappa shape index (κ2) is 5.80. The Labute approximate surface area is 114 Å². The van der Waals surface area contributed by atoms with Crippen molar-refractivity contribution in [1.82, 2.24) is 0 Å². The Morgan fingerprint density at radius 2 is 2.17 bits per heavy atom. The highest BCUT2D eigenvalue weighted by Crippen LogP contribution is 2.32. The summed E-state index contributed by atoms with van der Waals surface area (Å²) in [4.78, 5) is 10.7. The van der Waals surface area contributed by atoms with Crippen LogP contribution >= 0.6 is 15.9 Å². The van der Waals surface area contributed by atoms with E-state index in [1.807, 2.05) is 13.8 Å². The van der Waals surface area contributed by atoms with E-state index in [1.54, 1.807) is 12.1 Å². The van der Waals surface area contributed by atoms with Gasteiger partial charge in [0.25, 0.3) is 0 Å². The lowest BCUT2D eigenvalue weighted by Gasteiger charge is -2.26. The van der Waals surface area contributed by atoms with Crippen molar-refractivity contribution in [2.75, 3.05) is 0 Å². The van der Waals surface area contributed by atoms with Crippen LogP contribution in [0, 0.1) is 11.2 Å². The van der Waals surface area contributed by atoms with Gasteiger partial charge < -0.3 is 10.8 Å². The molecule has 1 unspecified atom stereocenters. The fourth-order valence-electron chi connectivity index (χ4n) is 1.94. The van der Waals surface area contributed by atoms with Gasteiger partial charge in [-0.3, -0.25) is 4.79 Å². The topological polar surface area (TPSA) is 63.3 Å². The molecule has 18 heavy (non-hydrogen) atoms. The van der Waals surface area contributed by atoms with E-state index in [-0.39, 0.29) is 18.3 Å². The monoisotopic (exact) mass is 317 g/mol. The minimum absolute atomic E-state index is 0.0586. The molecule has 0 aromatic heterocycles. The average Bonchev–Trinajstić information content (AvgIpc) is 2.19. The SMILES string of the molecule is CC(C)(CC(=O)O)CC(N)c1ccc(F)c(Br)c1. The number of hydrogen-bond acceptors (Lipinski definition) is 2. The Balaban J connectivity index is 2.78. The maximum Gasteiger partial charge on any atom is 0.303 e. The first-order chi connectivity index (χ1) is 8.21. The van der Waals surface area contributed by atoms with E-state index in [1.165, 1.54) is 6.07 Å². The number of hydrogen-bond donors (Lipinski definition) is 2. The maximum atomic E-state index is 13.1. The van der Waals surface area contributed by atoms with Crippen LogP contribution in [0.5, 0.6) is 0 Å². The molecule has 0 fully saturated rings. The van der Waals surface area contributed by atoms with Gasteiger partial charge in [-0.05, 0) is 45.5 Å². The minimum atomic E-state index is -0.840. The Morgan fingerprint density at radius 3 is 2.67 bits per heavy atom. The quantitative estimate of drug-likeness (QED) is 0.873. The Bertz CT molecular complexity index is 449. The number of halogens is 2. The van der Waals surface area contributed by atoms with Crippen LogP contribution in [-0.4, -0.2) is 11.1 Å². The summed E-state index contributed by atoms with van der Waals surface area (Å²) in [7, 11) is 0. The lowest BCUT2D eigenvalue weighted by atomic mass is 9.81. The smallest absolute Gasteiger partial charge is 0.303 e. The zero-order valence-electron chi connectivity index (χ0n) is 10.4. The Hall–Kier alpha value is -0.940. The molecule has 0 amide bonds. The number of benzene rings is 1. The summed E-state index contributed by atoms with van der Waals surface area (Å²) < 4.78 is 13.5. The van der Waals surface area contributed by atoms with Crippen LogP contribution in [-0.2, 0) is 4.79 Å². The molecule has 100 valence electrons. The van der Waals surface area contributed by atoms with Crippen molar-refractivity contribution in [3.8, 4) is 0 Å². The van der Waals surface area contributed by atoms with Gasteiger partial charge in [0.15, 0.2) is 0 Å². The molecule has 0 heterocycles. The summed E-state index contributed by atoms with van der Waals surface area (Å²) >= 11 is 3.11. The van der Waals surface area contributed by atoms with Gasteiger partial charge in [0, 0.05) is 6.04 Å². The largest absolute Gasteiger partial charge is 0.481 e. The molecule has 5 heteroatoms. The van der Waals surface area contributed by atoms with Crippen LogP contribution in [0.15, 0.2) is 22.7 Å². The summed E-state index contributed by atoms with van der Waals surface area (Å²) in [5, 5.41) is 8.82. The third kappa shape index (κ3) is 4.38. The average molecular weight is 318 g/mol. The van der Waals surface area contributed by atoms with E-state index in [0.29, 0.717) is 10.9 Å². The molecular weight excluding hydrogens is 301 g/mol. The van der Waals surface area contributed by atoms with E-state index in [4.69, 9.17) is 10.8 Å². The number of carboxylic acids is 1. The maximum absolute atomic E-state index is 13.1. The highest BCUT2D eigenvalue weighted by Gasteiger charge is 2.25. The van der Waals surface area contributed by atoms with Gasteiger partial charge in [-0.15, -0.1) is 0 Å². The summed E-state index contributed by atoms with van der Waals surface area (Å²) in [6.45, 7) is 3.72. The number of rotatable bonds is 5. The normalized spacial score (nSPS) is 13.4. The first-order valence-electron chi connectivity index (χ1n) is 5.63. The van der Waals surface area contributed by atoms with Crippen LogP contribution in [0.2, 0.25) is 0 Å². The predicted octanol–water partition coefficient (Wildman–Crippen LogP) is 3.48. The molecule has 1 rings (SSSR count). The van der Waals surface area contributed by atoms with E-state index >= 15 is 0 Å². The van der Waals surface area contributed by atoms with Gasteiger partial charge in [-0.25, -0.2) is 4.39 Å². The second-order valence-corrected chi connectivity index (χ2v) is 6.07. The number of nitrogens with two attached hydrogens (primary N) is 1. The van der Waals surface area contributed by atoms with Gasteiger partial charge in [-0.1, -0.05) is 19.9 Å². The fraction of sp³-hybridized carbons (Fsp3) is 0.462. The molecule has 1 aromatic rings. The van der Waals surface area contributed by atoms with Crippen molar-refractivity contribution in [1.29, 1.82) is 0 Å². The Kier molecular flexibility index (Phi) is 4.87. The van der Waals surface area contributed by atoms with E-state index in [0.717, 1.165) is 5.56 Å². The van der Waals surface area contributed by atoms with Crippen LogP contribution in [0.25, 0.3) is 0 Å². The number of carboxylic acid groups (broad SMARTS) is 1. The molecule has 3 nitrogen and oxygen atoms in total. The molecule has 0 bridgehead atoms. The lowest BCUT2D eigenvalue weighted by Crippen LogP contribution is -2.24. The van der Waals surface area contributed by atoms with Crippen molar-refractivity contribution in [3.63, 3.8) is 0 Å². The second-order valence-electron chi connectivity index (χ2n) is 5.22. The van der Waals surface area contributed by atoms with Gasteiger partial charge in [0.2, 0.25) is 0 Å². The fourth-order valence-corrected chi connectivity index (χ4v) is 2.33. The highest BCUT2D eigenvalue weighted by atomic mass is 79.9. The molecule has 0 aliphatic heterocycles. The highest BCUT2D eigenvalue weighted by molar-refractivity contribution is 9.10. The molecule has 0 aliphatic rings. The zero-order valence-corrected chi connectivity index (χ0v) is 12.0. The van der Waals surface area contributed by atoms with Crippen LogP contribution in [0.1, 0.15) is 38.3 Å². The molecule has 0 aliphatic carbocycles. The molecule has 1 atom stereocenters. The van der Waals surface area contributed by atoms with Crippen LogP contribution in [0.4, 0.5) is 4.39 Å². The van der Waals surface area contributed by atoms with E-state index in [2.05, 4.69) is 15.9 Å². The Morgan fingerprint density at radius 1 is 1.56 bits per heavy atom. The molecular formula is C13H17BrFNO2. The standard InChI is InChI=1S/C13H17BrFNO2/c1-13(2,7-12(17)18)6-11(16)8-3-4-10(15)9(14)5-8/h3-5,11H,6-7,16H2,1-2H3,(H,17,18). The zero-order chi connectivity index (χ0) is 13.9. The molecule has 1 aromatic carbocycles. The summed E-state index contributed by atoms with van der Waals surface area (Å²) in [6, 6.07) is 4.30. The van der Waals surface area contributed by atoms with Crippen LogP contribution < -0.4 is 5.73 Å². The number of carbonyl (C=O) groups is 1. The molecule has 0 saturated carbocycles. The first-order valence-corrected chi connectivity index (χ1v) is 6.43. The third-order valence-corrected chi connectivity index (χ3v) is 3.38. The van der Waals surface area contributed by atoms with E-state index < -0.39 is 11.4 Å². The molecule has 0 radical (unpaired) electrons. The minimum Gasteiger partial charge on any atom is -0.481 e. The molecule has 0 saturated heterocycles. The van der Waals surface area contributed by atoms with Gasteiger partial charge in [0.05, 0.1) is 10.9 Å². The van der Waals surface area contributed by atoms with Crippen molar-refractivity contribution < 1.29 is 14.3 Å². The van der Waals surface area contributed by atoms with Crippen LogP contribution in [0.3, 0.4) is 0 Å². The van der Waals surface area contributed by atoms with Gasteiger partial charge in [0.1, 0.15) is 5.82 Å². The lowest BCUT2D eigenvalue weighted by molar-refractivity contribution is -0.139. The van der Waals surface area contributed by atoms with Crippen molar-refractivity contribution >= 4 is 21.9 Å². The van der Waals surface area contributed by atoms with Crippen molar-refractivity contribution in [2.45, 2.75) is 32.7 Å². The van der Waals surface area contributed by atoms with Gasteiger partial charge in [-0.2, -0.15) is 0 Å². The first kappa shape index (κ1) is 15.1. The number of aliphatic carboxylic acids is 1. The van der Waals surface area contributed by atoms with Crippen molar-refractivity contribution in [3.05, 3.63) is 34.1 Å². The van der Waals surface area contributed by atoms with Crippen molar-refractivity contribution in [2.24, 2.45) is 11.1 Å². The summed E-state index contributed by atoms with van der Waals surface area (Å²) in [5.74, 6) is -1.18. The third-order valence-electron chi connectivity index (χ3n) is 2.77. The summed E-state index contributed by atoms with van der Waals surface area (Å²) in [6.07, 6.45) is 0.584. The molecule has 3 N–H and O–H groups in total. The predicted molar refractivity (Wildman–Crippen MR) is 71.7 cm³/mol.